The van der Waals surface area contributed by atoms with Crippen LogP contribution in [0.2, 0.25) is 0 Å². The molecule has 1 atom stereocenters. The van der Waals surface area contributed by atoms with E-state index in [1.165, 1.54) is 25.1 Å². The smallest absolute Gasteiger partial charge is 0.335 e. The SMILES string of the molecule is CC(F)Cc1c(C(=O)O)cccc1-c1cc(F)c(F)c(F)c1. The fourth-order valence-electron chi connectivity index (χ4n) is 2.27. The first-order chi connectivity index (χ1) is 10.3. The van der Waals surface area contributed by atoms with E-state index in [9.17, 15) is 27.5 Å². The summed E-state index contributed by atoms with van der Waals surface area (Å²) < 4.78 is 53.1. The predicted octanol–water partition coefficient (Wildman–Crippen LogP) is 4.37. The quantitative estimate of drug-likeness (QED) is 0.672. The van der Waals surface area contributed by atoms with Crippen LogP contribution in [0.1, 0.15) is 22.8 Å². The van der Waals surface area contributed by atoms with E-state index in [1.54, 1.807) is 0 Å². The molecule has 0 radical (unpaired) electrons. The van der Waals surface area contributed by atoms with Gasteiger partial charge in [-0.1, -0.05) is 12.1 Å². The van der Waals surface area contributed by atoms with Crippen LogP contribution < -0.4 is 0 Å². The molecular formula is C16H12F4O2. The third-order valence-electron chi connectivity index (χ3n) is 3.19. The second-order valence-electron chi connectivity index (χ2n) is 4.88. The lowest BCUT2D eigenvalue weighted by molar-refractivity contribution is 0.0695. The van der Waals surface area contributed by atoms with Gasteiger partial charge in [0.1, 0.15) is 6.17 Å². The Morgan fingerprint density at radius 1 is 1.18 bits per heavy atom. The molecule has 2 aromatic carbocycles. The molecule has 0 saturated carbocycles. The number of carboxylic acid groups (broad SMARTS) is 1. The van der Waals surface area contributed by atoms with E-state index in [4.69, 9.17) is 0 Å². The Morgan fingerprint density at radius 2 is 1.77 bits per heavy atom. The van der Waals surface area contributed by atoms with Gasteiger partial charge in [-0.2, -0.15) is 0 Å². The van der Waals surface area contributed by atoms with Gasteiger partial charge < -0.3 is 5.11 Å². The molecule has 0 amide bonds. The summed E-state index contributed by atoms with van der Waals surface area (Å²) in [7, 11) is 0. The van der Waals surface area contributed by atoms with E-state index >= 15 is 0 Å². The summed E-state index contributed by atoms with van der Waals surface area (Å²) >= 11 is 0. The van der Waals surface area contributed by atoms with Crippen molar-refractivity contribution in [1.29, 1.82) is 0 Å². The summed E-state index contributed by atoms with van der Waals surface area (Å²) in [5.41, 5.74) is 0.0555. The third-order valence-corrected chi connectivity index (χ3v) is 3.19. The van der Waals surface area contributed by atoms with Crippen molar-refractivity contribution in [2.45, 2.75) is 19.5 Å². The fraction of sp³-hybridized carbons (Fsp3) is 0.188. The van der Waals surface area contributed by atoms with Crippen LogP contribution in [0.25, 0.3) is 11.1 Å². The number of benzene rings is 2. The predicted molar refractivity (Wildman–Crippen MR) is 73.0 cm³/mol. The second-order valence-corrected chi connectivity index (χ2v) is 4.88. The van der Waals surface area contributed by atoms with E-state index in [1.807, 2.05) is 0 Å². The summed E-state index contributed by atoms with van der Waals surface area (Å²) in [6.07, 6.45) is -1.59. The topological polar surface area (TPSA) is 37.3 Å². The number of halogens is 4. The van der Waals surface area contributed by atoms with Crippen LogP contribution in [-0.4, -0.2) is 17.2 Å². The van der Waals surface area contributed by atoms with Crippen LogP contribution in [0.3, 0.4) is 0 Å². The zero-order chi connectivity index (χ0) is 16.4. The maximum Gasteiger partial charge on any atom is 0.335 e. The highest BCUT2D eigenvalue weighted by molar-refractivity contribution is 5.92. The van der Waals surface area contributed by atoms with Gasteiger partial charge in [0.25, 0.3) is 0 Å². The lowest BCUT2D eigenvalue weighted by atomic mass is 9.92. The molecule has 0 aromatic heterocycles. The van der Waals surface area contributed by atoms with Crippen molar-refractivity contribution >= 4 is 5.97 Å². The largest absolute Gasteiger partial charge is 0.478 e. The highest BCUT2D eigenvalue weighted by Crippen LogP contribution is 2.30. The molecule has 22 heavy (non-hydrogen) atoms. The van der Waals surface area contributed by atoms with Gasteiger partial charge in [-0.3, -0.25) is 0 Å². The van der Waals surface area contributed by atoms with Crippen LogP contribution in [0.4, 0.5) is 17.6 Å². The number of rotatable bonds is 4. The number of carboxylic acids is 1. The van der Waals surface area contributed by atoms with E-state index in [-0.39, 0.29) is 28.7 Å². The normalized spacial score (nSPS) is 12.2. The number of alkyl halides is 1. The molecule has 1 N–H and O–H groups in total. The van der Waals surface area contributed by atoms with Gasteiger partial charge >= 0.3 is 5.97 Å². The summed E-state index contributed by atoms with van der Waals surface area (Å²) in [5.74, 6) is -5.68. The molecular weight excluding hydrogens is 300 g/mol. The zero-order valence-electron chi connectivity index (χ0n) is 11.5. The Labute approximate surface area is 124 Å². The van der Waals surface area contributed by atoms with Crippen LogP contribution in [0, 0.1) is 17.5 Å². The monoisotopic (exact) mass is 312 g/mol. The Hall–Kier alpha value is -2.37. The number of carbonyl (C=O) groups is 1. The lowest BCUT2D eigenvalue weighted by Gasteiger charge is -2.14. The lowest BCUT2D eigenvalue weighted by Crippen LogP contribution is -2.09. The van der Waals surface area contributed by atoms with Gasteiger partial charge in [0.15, 0.2) is 17.5 Å². The Bertz CT molecular complexity index is 703. The van der Waals surface area contributed by atoms with Crippen LogP contribution in [0.5, 0.6) is 0 Å². The van der Waals surface area contributed by atoms with Crippen molar-refractivity contribution in [2.24, 2.45) is 0 Å². The number of hydrogen-bond donors (Lipinski definition) is 1. The first-order valence-corrected chi connectivity index (χ1v) is 6.45. The van der Waals surface area contributed by atoms with E-state index in [0.717, 1.165) is 12.1 Å². The highest BCUT2D eigenvalue weighted by atomic mass is 19.2. The van der Waals surface area contributed by atoms with Crippen molar-refractivity contribution in [2.75, 3.05) is 0 Å². The molecule has 0 heterocycles. The van der Waals surface area contributed by atoms with E-state index in [0.29, 0.717) is 0 Å². The summed E-state index contributed by atoms with van der Waals surface area (Å²) in [6.45, 7) is 1.24. The minimum Gasteiger partial charge on any atom is -0.478 e. The maximum atomic E-state index is 13.4. The van der Waals surface area contributed by atoms with Gasteiger partial charge in [-0.15, -0.1) is 0 Å². The van der Waals surface area contributed by atoms with Gasteiger partial charge in [0.05, 0.1) is 5.56 Å². The summed E-state index contributed by atoms with van der Waals surface area (Å²) in [6, 6.07) is 5.58. The van der Waals surface area contributed by atoms with Crippen LogP contribution in [-0.2, 0) is 6.42 Å². The minimum absolute atomic E-state index is 0.0462. The first-order valence-electron chi connectivity index (χ1n) is 6.45. The maximum absolute atomic E-state index is 13.4. The average Bonchev–Trinajstić information content (AvgIpc) is 2.43. The minimum atomic E-state index is -1.61. The molecule has 2 nitrogen and oxygen atoms in total. The van der Waals surface area contributed by atoms with Crippen molar-refractivity contribution in [3.05, 3.63) is 58.9 Å². The van der Waals surface area contributed by atoms with Crippen LogP contribution >= 0.6 is 0 Å². The van der Waals surface area contributed by atoms with Crippen molar-refractivity contribution in [3.63, 3.8) is 0 Å². The molecule has 2 aromatic rings. The molecule has 0 aliphatic carbocycles. The zero-order valence-corrected chi connectivity index (χ0v) is 11.5. The molecule has 0 bridgehead atoms. The van der Waals surface area contributed by atoms with Crippen molar-refractivity contribution < 1.29 is 27.5 Å². The number of hydrogen-bond acceptors (Lipinski definition) is 1. The van der Waals surface area contributed by atoms with E-state index < -0.39 is 29.6 Å². The van der Waals surface area contributed by atoms with Gasteiger partial charge in [-0.25, -0.2) is 22.4 Å². The molecule has 116 valence electrons. The van der Waals surface area contributed by atoms with Crippen LogP contribution in [0.15, 0.2) is 30.3 Å². The summed E-state index contributed by atoms with van der Waals surface area (Å²) in [5, 5.41) is 9.17. The molecule has 0 spiro atoms. The Kier molecular flexibility index (Phi) is 4.49. The van der Waals surface area contributed by atoms with Gasteiger partial charge in [0.2, 0.25) is 0 Å². The molecule has 6 heteroatoms. The molecule has 0 aliphatic heterocycles. The molecule has 1 unspecified atom stereocenters. The average molecular weight is 312 g/mol. The highest BCUT2D eigenvalue weighted by Gasteiger charge is 2.19. The Morgan fingerprint density at radius 3 is 2.27 bits per heavy atom. The Balaban J connectivity index is 2.69. The second kappa shape index (κ2) is 6.17. The summed E-state index contributed by atoms with van der Waals surface area (Å²) in [4.78, 5) is 11.2. The van der Waals surface area contributed by atoms with Crippen molar-refractivity contribution in [3.8, 4) is 11.1 Å². The molecule has 2 rings (SSSR count). The molecule has 0 saturated heterocycles. The first kappa shape index (κ1) is 16.0. The van der Waals surface area contributed by atoms with Gasteiger partial charge in [0, 0.05) is 6.42 Å². The van der Waals surface area contributed by atoms with Gasteiger partial charge in [-0.05, 0) is 41.8 Å². The standard InChI is InChI=1S/C16H12F4O2/c1-8(17)5-12-10(3-2-4-11(12)16(21)22)9-6-13(18)15(20)14(19)7-9/h2-4,6-8H,5H2,1H3,(H,21,22). The number of aromatic carboxylic acids is 1. The van der Waals surface area contributed by atoms with E-state index in [2.05, 4.69) is 0 Å². The van der Waals surface area contributed by atoms with Crippen molar-refractivity contribution in [1.82, 2.24) is 0 Å². The third kappa shape index (κ3) is 3.10. The fourth-order valence-corrected chi connectivity index (χ4v) is 2.27. The molecule has 0 fully saturated rings. The molecule has 0 aliphatic rings.